The van der Waals surface area contributed by atoms with E-state index >= 15 is 0 Å². The van der Waals surface area contributed by atoms with Gasteiger partial charge >= 0.3 is 11.9 Å². The number of carboxylic acid groups (broad SMARTS) is 1. The fraction of sp³-hybridized carbons (Fsp3) is 0.800. The number of esters is 1. The molecule has 0 radical (unpaired) electrons. The molecule has 2 saturated carbocycles. The maximum atomic E-state index is 11.4. The highest BCUT2D eigenvalue weighted by Gasteiger charge is 2.54. The molecule has 0 aromatic rings. The molecule has 0 aromatic heterocycles. The third kappa shape index (κ3) is 1.78. The van der Waals surface area contributed by atoms with Gasteiger partial charge in [0.2, 0.25) is 0 Å². The average molecular weight is 228 g/mol. The predicted molar refractivity (Wildman–Crippen MR) is 54.5 cm³/mol. The zero-order valence-electron chi connectivity index (χ0n) is 9.23. The number of carboxylic acids is 1. The summed E-state index contributed by atoms with van der Waals surface area (Å²) in [5.41, 5.74) is 4.02. The molecule has 0 unspecified atom stereocenters. The number of aliphatic carboxylic acids is 1. The molecule has 2 aliphatic carbocycles. The summed E-state index contributed by atoms with van der Waals surface area (Å²) in [6.07, 6.45) is 2.51. The molecule has 0 aliphatic heterocycles. The van der Waals surface area contributed by atoms with E-state index in [2.05, 4.69) is 0 Å². The van der Waals surface area contributed by atoms with E-state index in [1.165, 1.54) is 0 Å². The van der Waals surface area contributed by atoms with Gasteiger partial charge in [-0.2, -0.15) is 0 Å². The summed E-state index contributed by atoms with van der Waals surface area (Å²) in [4.78, 5) is 24.0. The Morgan fingerprint density at radius 2 is 1.94 bits per heavy atom. The molecule has 2 rings (SSSR count). The molecule has 0 atom stereocenters. The van der Waals surface area contributed by atoms with Gasteiger partial charge in [0, 0.05) is 0 Å². The summed E-state index contributed by atoms with van der Waals surface area (Å²) in [5, 5.41) is 9.00. The zero-order chi connectivity index (χ0) is 12.0. The number of ether oxygens (including phenoxy) is 1. The van der Waals surface area contributed by atoms with Crippen molar-refractivity contribution in [2.45, 2.75) is 36.8 Å². The quantitative estimate of drug-likeness (QED) is 0.488. The van der Waals surface area contributed by atoms with Crippen LogP contribution in [0.25, 0.3) is 0 Å². The molecule has 16 heavy (non-hydrogen) atoms. The number of hydrogen-bond donors (Lipinski definition) is 2. The minimum Gasteiger partial charge on any atom is -0.480 e. The largest absolute Gasteiger partial charge is 0.480 e. The summed E-state index contributed by atoms with van der Waals surface area (Å²) in [6, 6.07) is 0. The molecule has 0 amide bonds. The Balaban J connectivity index is 1.82. The number of carbonyl (C=O) groups excluding carboxylic acids is 1. The van der Waals surface area contributed by atoms with Gasteiger partial charge in [0.1, 0.15) is 17.8 Å². The van der Waals surface area contributed by atoms with Crippen LogP contribution in [0.1, 0.15) is 25.7 Å². The minimum atomic E-state index is -0.861. The van der Waals surface area contributed by atoms with Crippen LogP contribution in [0.15, 0.2) is 0 Å². The lowest BCUT2D eigenvalue weighted by Gasteiger charge is -2.24. The SMILES string of the molecule is CN(COC(=O)C1(N)CC1)C1(C(=O)O)CC1. The van der Waals surface area contributed by atoms with Crippen molar-refractivity contribution in [2.24, 2.45) is 5.73 Å². The van der Waals surface area contributed by atoms with Gasteiger partial charge in [0.25, 0.3) is 0 Å². The van der Waals surface area contributed by atoms with Gasteiger partial charge in [-0.05, 0) is 32.7 Å². The van der Waals surface area contributed by atoms with Crippen molar-refractivity contribution in [2.75, 3.05) is 13.8 Å². The highest BCUT2D eigenvalue weighted by Crippen LogP contribution is 2.41. The first kappa shape index (κ1) is 11.3. The number of carbonyl (C=O) groups is 2. The molecule has 6 heteroatoms. The second-order valence-electron chi connectivity index (χ2n) is 4.75. The fourth-order valence-corrected chi connectivity index (χ4v) is 1.64. The number of nitrogens with two attached hydrogens (primary N) is 1. The van der Waals surface area contributed by atoms with Crippen LogP contribution in [0.3, 0.4) is 0 Å². The normalized spacial score (nSPS) is 23.9. The van der Waals surface area contributed by atoms with E-state index < -0.39 is 23.0 Å². The lowest BCUT2D eigenvalue weighted by molar-refractivity contribution is -0.158. The lowest BCUT2D eigenvalue weighted by atomic mass is 10.2. The van der Waals surface area contributed by atoms with Crippen LogP contribution < -0.4 is 5.73 Å². The Morgan fingerprint density at radius 3 is 2.31 bits per heavy atom. The van der Waals surface area contributed by atoms with E-state index in [1.807, 2.05) is 0 Å². The minimum absolute atomic E-state index is 0.00984. The van der Waals surface area contributed by atoms with Gasteiger partial charge in [-0.25, -0.2) is 0 Å². The molecule has 2 aliphatic rings. The van der Waals surface area contributed by atoms with Gasteiger partial charge in [-0.3, -0.25) is 14.5 Å². The monoisotopic (exact) mass is 228 g/mol. The van der Waals surface area contributed by atoms with E-state index in [9.17, 15) is 9.59 Å². The average Bonchev–Trinajstić information content (AvgIpc) is 3.07. The molecule has 3 N–H and O–H groups in total. The second kappa shape index (κ2) is 3.43. The van der Waals surface area contributed by atoms with Gasteiger partial charge < -0.3 is 15.6 Å². The number of rotatable bonds is 5. The number of hydrogen-bond acceptors (Lipinski definition) is 5. The summed E-state index contributed by atoms with van der Waals surface area (Å²) >= 11 is 0. The summed E-state index contributed by atoms with van der Waals surface area (Å²) in [7, 11) is 1.64. The highest BCUT2D eigenvalue weighted by molar-refractivity contribution is 5.84. The third-order valence-electron chi connectivity index (χ3n) is 3.44. The van der Waals surface area contributed by atoms with E-state index in [-0.39, 0.29) is 6.73 Å². The first-order chi connectivity index (χ1) is 7.41. The molecular weight excluding hydrogens is 212 g/mol. The Morgan fingerprint density at radius 1 is 1.38 bits per heavy atom. The van der Waals surface area contributed by atoms with Crippen molar-refractivity contribution in [1.82, 2.24) is 4.90 Å². The number of nitrogens with zero attached hydrogens (tertiary/aromatic N) is 1. The molecule has 0 spiro atoms. The number of likely N-dealkylation sites (N-methyl/N-ethyl adjacent to an activating group) is 1. The van der Waals surface area contributed by atoms with Crippen molar-refractivity contribution in [3.05, 3.63) is 0 Å². The van der Waals surface area contributed by atoms with E-state index in [4.69, 9.17) is 15.6 Å². The Bertz CT molecular complexity index is 334. The van der Waals surface area contributed by atoms with Crippen molar-refractivity contribution in [3.63, 3.8) is 0 Å². The van der Waals surface area contributed by atoms with Gasteiger partial charge in [-0.1, -0.05) is 0 Å². The second-order valence-corrected chi connectivity index (χ2v) is 4.75. The van der Waals surface area contributed by atoms with Crippen molar-refractivity contribution in [1.29, 1.82) is 0 Å². The predicted octanol–water partition coefficient (Wildman–Crippen LogP) is -0.473. The Kier molecular flexibility index (Phi) is 2.43. The van der Waals surface area contributed by atoms with Crippen LogP contribution in [0.5, 0.6) is 0 Å². The summed E-state index contributed by atoms with van der Waals surface area (Å²) in [6.45, 7) is -0.00984. The van der Waals surface area contributed by atoms with E-state index in [0.29, 0.717) is 25.7 Å². The fourth-order valence-electron chi connectivity index (χ4n) is 1.64. The van der Waals surface area contributed by atoms with Crippen LogP contribution in [0.4, 0.5) is 0 Å². The Hall–Kier alpha value is -1.14. The molecule has 0 saturated heterocycles. The Labute approximate surface area is 93.3 Å². The van der Waals surface area contributed by atoms with Crippen LogP contribution in [-0.4, -0.2) is 46.8 Å². The maximum absolute atomic E-state index is 11.4. The smallest absolute Gasteiger partial charge is 0.327 e. The topological polar surface area (TPSA) is 92.9 Å². The van der Waals surface area contributed by atoms with Crippen LogP contribution in [0.2, 0.25) is 0 Å². The molecule has 2 fully saturated rings. The van der Waals surface area contributed by atoms with Crippen LogP contribution in [0, 0.1) is 0 Å². The first-order valence-electron chi connectivity index (χ1n) is 5.31. The maximum Gasteiger partial charge on any atom is 0.327 e. The third-order valence-corrected chi connectivity index (χ3v) is 3.44. The van der Waals surface area contributed by atoms with Gasteiger partial charge in [-0.15, -0.1) is 0 Å². The molecule has 0 heterocycles. The van der Waals surface area contributed by atoms with E-state index in [1.54, 1.807) is 11.9 Å². The lowest BCUT2D eigenvalue weighted by Crippen LogP contribution is -2.44. The molecule has 90 valence electrons. The molecule has 6 nitrogen and oxygen atoms in total. The van der Waals surface area contributed by atoms with Crippen LogP contribution in [-0.2, 0) is 14.3 Å². The molecular formula is C10H16N2O4. The zero-order valence-corrected chi connectivity index (χ0v) is 9.23. The van der Waals surface area contributed by atoms with Crippen molar-refractivity contribution in [3.8, 4) is 0 Å². The van der Waals surface area contributed by atoms with Gasteiger partial charge in [0.15, 0.2) is 0 Å². The van der Waals surface area contributed by atoms with Crippen molar-refractivity contribution < 1.29 is 19.4 Å². The van der Waals surface area contributed by atoms with Crippen molar-refractivity contribution >= 4 is 11.9 Å². The summed E-state index contributed by atoms with van der Waals surface area (Å²) in [5.74, 6) is -1.29. The molecule has 0 aromatic carbocycles. The first-order valence-corrected chi connectivity index (χ1v) is 5.31. The van der Waals surface area contributed by atoms with E-state index in [0.717, 1.165) is 0 Å². The van der Waals surface area contributed by atoms with Crippen LogP contribution >= 0.6 is 0 Å². The van der Waals surface area contributed by atoms with Gasteiger partial charge in [0.05, 0.1) is 0 Å². The summed E-state index contributed by atoms with van der Waals surface area (Å²) < 4.78 is 5.01. The standard InChI is InChI=1S/C10H16N2O4/c1-12(10(4-5-10)7(13)14)6-16-8(15)9(11)2-3-9/h2-6,11H2,1H3,(H,13,14). The highest BCUT2D eigenvalue weighted by atomic mass is 16.5. The molecule has 0 bridgehead atoms.